The van der Waals surface area contributed by atoms with E-state index in [4.69, 9.17) is 9.47 Å². The molecule has 0 atom stereocenters. The molecule has 2 aromatic rings. The van der Waals surface area contributed by atoms with Gasteiger partial charge in [-0.05, 0) is 42.3 Å². The Kier molecular flexibility index (Phi) is 6.30. The van der Waals surface area contributed by atoms with Gasteiger partial charge in [-0.25, -0.2) is 27.1 Å². The molecule has 0 bridgehead atoms. The highest BCUT2D eigenvalue weighted by atomic mass is 32.2. The highest BCUT2D eigenvalue weighted by Crippen LogP contribution is 2.31. The van der Waals surface area contributed by atoms with E-state index in [9.17, 15) is 12.8 Å². The molecule has 0 amide bonds. The van der Waals surface area contributed by atoms with Crippen LogP contribution in [0.25, 0.3) is 17.3 Å². The number of sulfonamides is 1. The summed E-state index contributed by atoms with van der Waals surface area (Å²) in [6.07, 6.45) is 4.21. The summed E-state index contributed by atoms with van der Waals surface area (Å²) in [4.78, 5) is 9.02. The van der Waals surface area contributed by atoms with Gasteiger partial charge in [-0.1, -0.05) is 13.8 Å². The second-order valence-corrected chi connectivity index (χ2v) is 9.05. The third kappa shape index (κ3) is 4.98. The maximum Gasteiger partial charge on any atom is 0.239 e. The van der Waals surface area contributed by atoms with E-state index in [1.54, 1.807) is 18.2 Å². The van der Waals surface area contributed by atoms with Gasteiger partial charge < -0.3 is 9.47 Å². The average Bonchev–Trinajstić information content (AvgIpc) is 3.18. The Bertz CT molecular complexity index is 1000. The molecule has 1 saturated heterocycles. The van der Waals surface area contributed by atoms with Crippen LogP contribution in [0.2, 0.25) is 0 Å². The molecule has 2 heterocycles. The first kappa shape index (κ1) is 21.4. The minimum absolute atomic E-state index is 0.0195. The normalized spacial score (nSPS) is 15.5. The van der Waals surface area contributed by atoms with Gasteiger partial charge in [0.2, 0.25) is 16.0 Å². The van der Waals surface area contributed by atoms with Crippen molar-refractivity contribution in [1.29, 1.82) is 0 Å². The minimum Gasteiger partial charge on any atom is -0.347 e. The zero-order valence-corrected chi connectivity index (χ0v) is 17.6. The maximum atomic E-state index is 13.5. The monoisotopic (exact) mass is 421 g/mol. The number of rotatable bonds is 6. The highest BCUT2D eigenvalue weighted by molar-refractivity contribution is 7.92. The second-order valence-electron chi connectivity index (χ2n) is 7.03. The first-order valence-electron chi connectivity index (χ1n) is 9.20. The van der Waals surface area contributed by atoms with Crippen LogP contribution in [0.15, 0.2) is 30.3 Å². The van der Waals surface area contributed by atoms with Crippen LogP contribution < -0.4 is 4.31 Å². The Morgan fingerprint density at radius 3 is 2.34 bits per heavy atom. The molecule has 0 N–H and O–H groups in total. The molecule has 0 spiro atoms. The first-order valence-corrected chi connectivity index (χ1v) is 11.0. The molecule has 29 heavy (non-hydrogen) atoms. The van der Waals surface area contributed by atoms with Crippen molar-refractivity contribution in [2.24, 2.45) is 0 Å². The van der Waals surface area contributed by atoms with Gasteiger partial charge in [0.05, 0.1) is 30.9 Å². The van der Waals surface area contributed by atoms with Crippen LogP contribution in [-0.2, 0) is 19.5 Å². The first-order chi connectivity index (χ1) is 13.7. The Labute approximate surface area is 170 Å². The largest absolute Gasteiger partial charge is 0.347 e. The van der Waals surface area contributed by atoms with Gasteiger partial charge in [-0.2, -0.15) is 0 Å². The molecule has 0 unspecified atom stereocenters. The molecule has 1 fully saturated rings. The average molecular weight is 421 g/mol. The third-order valence-corrected chi connectivity index (χ3v) is 5.63. The van der Waals surface area contributed by atoms with E-state index in [1.165, 1.54) is 19.2 Å². The number of anilines is 1. The van der Waals surface area contributed by atoms with E-state index in [2.05, 4.69) is 9.97 Å². The van der Waals surface area contributed by atoms with Gasteiger partial charge in [0, 0.05) is 18.2 Å². The van der Waals surface area contributed by atoms with Gasteiger partial charge in [0.1, 0.15) is 5.82 Å². The summed E-state index contributed by atoms with van der Waals surface area (Å²) in [5, 5.41) is 0. The summed E-state index contributed by atoms with van der Waals surface area (Å²) in [7, 11) is -2.15. The number of benzene rings is 1. The Morgan fingerprint density at radius 1 is 1.17 bits per heavy atom. The molecule has 1 aromatic carbocycles. The van der Waals surface area contributed by atoms with Crippen LogP contribution in [0.5, 0.6) is 0 Å². The standard InChI is InChI=1S/C20H24FN3O4S/c1-13(2)18-16(9-10-17-27-11-12-28-17)19(14-5-7-15(21)8-6-14)23-20(22-18)24(3)29(4,25)26/h5-10,13,17H,11-12H2,1-4H3. The van der Waals surface area contributed by atoms with Crippen molar-refractivity contribution in [3.8, 4) is 11.3 Å². The van der Waals surface area contributed by atoms with E-state index in [1.807, 2.05) is 19.9 Å². The zero-order valence-electron chi connectivity index (χ0n) is 16.8. The van der Waals surface area contributed by atoms with Crippen molar-refractivity contribution >= 4 is 22.0 Å². The van der Waals surface area contributed by atoms with Crippen molar-refractivity contribution in [3.63, 3.8) is 0 Å². The number of aromatic nitrogens is 2. The quantitative estimate of drug-likeness (QED) is 0.713. The molecule has 0 radical (unpaired) electrons. The predicted octanol–water partition coefficient (Wildman–Crippen LogP) is 3.19. The molecule has 1 aliphatic heterocycles. The summed E-state index contributed by atoms with van der Waals surface area (Å²) >= 11 is 0. The topological polar surface area (TPSA) is 81.6 Å². The van der Waals surface area contributed by atoms with Crippen LogP contribution in [0, 0.1) is 5.82 Å². The van der Waals surface area contributed by atoms with E-state index in [0.29, 0.717) is 35.7 Å². The predicted molar refractivity (Wildman–Crippen MR) is 109 cm³/mol. The minimum atomic E-state index is -3.55. The molecule has 9 heteroatoms. The van der Waals surface area contributed by atoms with Crippen molar-refractivity contribution < 1.29 is 22.3 Å². The SMILES string of the molecule is CC(C)c1nc(N(C)S(C)(=O)=O)nc(-c2ccc(F)cc2)c1C=CC1OCCO1. The van der Waals surface area contributed by atoms with Crippen molar-refractivity contribution in [2.45, 2.75) is 26.1 Å². The number of ether oxygens (including phenoxy) is 2. The van der Waals surface area contributed by atoms with Gasteiger partial charge in [0.25, 0.3) is 0 Å². The lowest BCUT2D eigenvalue weighted by molar-refractivity contribution is -0.000910. The van der Waals surface area contributed by atoms with Crippen molar-refractivity contribution in [1.82, 2.24) is 9.97 Å². The van der Waals surface area contributed by atoms with Crippen LogP contribution in [0.4, 0.5) is 10.3 Å². The molecule has 3 rings (SSSR count). The molecule has 0 aliphatic carbocycles. The Hall–Kier alpha value is -2.36. The summed E-state index contributed by atoms with van der Waals surface area (Å²) in [6.45, 7) is 4.96. The van der Waals surface area contributed by atoms with E-state index in [0.717, 1.165) is 10.6 Å². The summed E-state index contributed by atoms with van der Waals surface area (Å²) in [5.41, 5.74) is 2.52. The molecular weight excluding hydrogens is 397 g/mol. The lowest BCUT2D eigenvalue weighted by atomic mass is 9.98. The van der Waals surface area contributed by atoms with E-state index >= 15 is 0 Å². The van der Waals surface area contributed by atoms with Gasteiger partial charge in [0.15, 0.2) is 6.29 Å². The highest BCUT2D eigenvalue weighted by Gasteiger charge is 2.22. The van der Waals surface area contributed by atoms with Gasteiger partial charge in [-0.3, -0.25) is 0 Å². The number of halogens is 1. The molecule has 1 aliphatic rings. The van der Waals surface area contributed by atoms with Crippen LogP contribution in [-0.4, -0.2) is 51.2 Å². The fourth-order valence-corrected chi connectivity index (χ4v) is 3.24. The summed E-state index contributed by atoms with van der Waals surface area (Å²) in [6, 6.07) is 5.88. The fourth-order valence-electron chi connectivity index (χ4n) is 2.86. The lowest BCUT2D eigenvalue weighted by Gasteiger charge is -2.20. The molecule has 1 aromatic heterocycles. The smallest absolute Gasteiger partial charge is 0.239 e. The molecular formula is C20H24FN3O4S. The lowest BCUT2D eigenvalue weighted by Crippen LogP contribution is -2.27. The fraction of sp³-hybridized carbons (Fsp3) is 0.400. The molecule has 7 nitrogen and oxygen atoms in total. The molecule has 156 valence electrons. The van der Waals surface area contributed by atoms with Crippen LogP contribution in [0.1, 0.15) is 31.0 Å². The summed E-state index contributed by atoms with van der Waals surface area (Å²) < 4.78 is 49.5. The Morgan fingerprint density at radius 2 is 1.79 bits per heavy atom. The van der Waals surface area contributed by atoms with Gasteiger partial charge in [-0.15, -0.1) is 0 Å². The maximum absolute atomic E-state index is 13.5. The van der Waals surface area contributed by atoms with Crippen LogP contribution >= 0.6 is 0 Å². The van der Waals surface area contributed by atoms with Gasteiger partial charge >= 0.3 is 0 Å². The Balaban J connectivity index is 2.21. The molecule has 0 saturated carbocycles. The van der Waals surface area contributed by atoms with Crippen molar-refractivity contribution in [3.05, 3.63) is 47.4 Å². The van der Waals surface area contributed by atoms with E-state index < -0.39 is 16.3 Å². The second kappa shape index (κ2) is 8.56. The van der Waals surface area contributed by atoms with Crippen molar-refractivity contribution in [2.75, 3.05) is 30.8 Å². The number of hydrogen-bond donors (Lipinski definition) is 0. The number of nitrogens with zero attached hydrogens (tertiary/aromatic N) is 3. The third-order valence-electron chi connectivity index (χ3n) is 4.47. The zero-order chi connectivity index (χ0) is 21.2. The summed E-state index contributed by atoms with van der Waals surface area (Å²) in [5.74, 6) is -0.333. The van der Waals surface area contributed by atoms with Crippen LogP contribution in [0.3, 0.4) is 0 Å². The van der Waals surface area contributed by atoms with E-state index in [-0.39, 0.29) is 17.7 Å². The number of hydrogen-bond acceptors (Lipinski definition) is 6.